The molecule has 0 radical (unpaired) electrons. The first-order chi connectivity index (χ1) is 9.43. The third-order valence-electron chi connectivity index (χ3n) is 3.03. The third-order valence-corrected chi connectivity index (χ3v) is 3.03. The van der Waals surface area contributed by atoms with Gasteiger partial charge in [0.05, 0.1) is 11.4 Å². The smallest absolute Gasteiger partial charge is 0.354 e. The van der Waals surface area contributed by atoms with E-state index >= 15 is 0 Å². The molecule has 2 heterocycles. The van der Waals surface area contributed by atoms with Gasteiger partial charge in [-0.2, -0.15) is 0 Å². The van der Waals surface area contributed by atoms with Crippen molar-refractivity contribution in [1.29, 1.82) is 0 Å². The Balaban J connectivity index is 2.54. The highest BCUT2D eigenvalue weighted by Gasteiger charge is 2.18. The number of rotatable bonds is 5. The number of hydrogen-bond donors (Lipinski definition) is 2. The number of aromatic nitrogens is 2. The Morgan fingerprint density at radius 3 is 2.60 bits per heavy atom. The summed E-state index contributed by atoms with van der Waals surface area (Å²) in [4.78, 5) is 27.9. The summed E-state index contributed by atoms with van der Waals surface area (Å²) in [6, 6.07) is 3.40. The molecular weight excluding hydrogens is 262 g/mol. The average molecular weight is 277 g/mol. The molecule has 0 spiro atoms. The van der Waals surface area contributed by atoms with Gasteiger partial charge < -0.3 is 15.1 Å². The van der Waals surface area contributed by atoms with Gasteiger partial charge in [0.25, 0.3) is 0 Å². The molecule has 106 valence electrons. The van der Waals surface area contributed by atoms with Crippen molar-refractivity contribution in [2.75, 3.05) is 18.5 Å². The van der Waals surface area contributed by atoms with Crippen LogP contribution < -0.4 is 4.90 Å². The van der Waals surface area contributed by atoms with E-state index in [0.29, 0.717) is 23.4 Å². The summed E-state index contributed by atoms with van der Waals surface area (Å²) >= 11 is 0. The van der Waals surface area contributed by atoms with Crippen LogP contribution in [0, 0.1) is 0 Å². The maximum atomic E-state index is 11.3. The van der Waals surface area contributed by atoms with Gasteiger partial charge in [-0.15, -0.1) is 0 Å². The summed E-state index contributed by atoms with van der Waals surface area (Å²) in [7, 11) is 1.63. The molecule has 0 fully saturated rings. The van der Waals surface area contributed by atoms with Crippen LogP contribution in [0.2, 0.25) is 0 Å². The van der Waals surface area contributed by atoms with Crippen LogP contribution in [0.15, 0.2) is 18.3 Å². The van der Waals surface area contributed by atoms with Crippen molar-refractivity contribution >= 4 is 23.3 Å². The summed E-state index contributed by atoms with van der Waals surface area (Å²) in [6.45, 7) is 1.68. The molecule has 2 aromatic heterocycles. The van der Waals surface area contributed by atoms with Gasteiger partial charge >= 0.3 is 11.9 Å². The average Bonchev–Trinajstić information content (AvgIpc) is 2.75. The number of aryl methyl sites for hydroxylation is 1. The molecule has 0 aliphatic heterocycles. The first kappa shape index (κ1) is 13.9. The number of aromatic carboxylic acids is 1. The van der Waals surface area contributed by atoms with Crippen LogP contribution in [0.4, 0.5) is 5.69 Å². The molecule has 7 heteroatoms. The summed E-state index contributed by atoms with van der Waals surface area (Å²) in [5.41, 5.74) is 1.78. The van der Waals surface area contributed by atoms with Crippen molar-refractivity contribution in [2.24, 2.45) is 0 Å². The number of carbonyl (C=O) groups is 2. The SMILES string of the molecule is CCc1nc2ccc(N(C)CC(=O)O)cn2c1C(=O)O. The van der Waals surface area contributed by atoms with Crippen LogP contribution in [-0.2, 0) is 11.2 Å². The molecule has 0 unspecified atom stereocenters. The van der Waals surface area contributed by atoms with Crippen LogP contribution in [0.1, 0.15) is 23.1 Å². The zero-order valence-corrected chi connectivity index (χ0v) is 11.2. The predicted octanol–water partition coefficient (Wildman–Crippen LogP) is 1.12. The van der Waals surface area contributed by atoms with Crippen LogP contribution in [-0.4, -0.2) is 45.1 Å². The number of likely N-dealkylation sites (N-methyl/N-ethyl adjacent to an activating group) is 1. The molecular formula is C13H15N3O4. The van der Waals surface area contributed by atoms with E-state index in [4.69, 9.17) is 5.11 Å². The first-order valence-electron chi connectivity index (χ1n) is 6.11. The van der Waals surface area contributed by atoms with Gasteiger partial charge in [-0.05, 0) is 18.6 Å². The standard InChI is InChI=1S/C13H15N3O4/c1-3-9-12(13(19)20)16-6-8(4-5-10(16)14-9)15(2)7-11(17)18/h4-6H,3,7H2,1-2H3,(H,17,18)(H,19,20). The number of nitrogens with zero attached hydrogens (tertiary/aromatic N) is 3. The second kappa shape index (κ2) is 5.20. The number of imidazole rings is 1. The fraction of sp³-hybridized carbons (Fsp3) is 0.308. The molecule has 7 nitrogen and oxygen atoms in total. The van der Waals surface area contributed by atoms with Crippen molar-refractivity contribution in [3.63, 3.8) is 0 Å². The van der Waals surface area contributed by atoms with E-state index in [-0.39, 0.29) is 12.2 Å². The van der Waals surface area contributed by atoms with E-state index in [1.807, 2.05) is 6.92 Å². The normalized spacial score (nSPS) is 10.7. The second-order valence-corrected chi connectivity index (χ2v) is 4.43. The number of anilines is 1. The summed E-state index contributed by atoms with van der Waals surface area (Å²) in [5, 5.41) is 18.1. The summed E-state index contributed by atoms with van der Waals surface area (Å²) in [5.74, 6) is -2.00. The highest BCUT2D eigenvalue weighted by molar-refractivity contribution is 5.88. The van der Waals surface area contributed by atoms with Crippen molar-refractivity contribution in [3.05, 3.63) is 29.7 Å². The minimum absolute atomic E-state index is 0.119. The van der Waals surface area contributed by atoms with E-state index in [9.17, 15) is 14.7 Å². The van der Waals surface area contributed by atoms with Gasteiger partial charge in [-0.25, -0.2) is 9.78 Å². The topological polar surface area (TPSA) is 95.1 Å². The molecule has 0 aliphatic rings. The fourth-order valence-corrected chi connectivity index (χ4v) is 2.08. The van der Waals surface area contributed by atoms with Gasteiger partial charge in [-0.1, -0.05) is 6.92 Å². The Kier molecular flexibility index (Phi) is 3.60. The van der Waals surface area contributed by atoms with Gasteiger partial charge in [0.2, 0.25) is 0 Å². The van der Waals surface area contributed by atoms with Crippen LogP contribution in [0.3, 0.4) is 0 Å². The van der Waals surface area contributed by atoms with E-state index < -0.39 is 11.9 Å². The molecule has 0 saturated heterocycles. The summed E-state index contributed by atoms with van der Waals surface area (Å²) in [6.07, 6.45) is 2.11. The van der Waals surface area contributed by atoms with Gasteiger partial charge in [0.15, 0.2) is 5.69 Å². The third kappa shape index (κ3) is 2.42. The molecule has 0 atom stereocenters. The monoisotopic (exact) mass is 277 g/mol. The molecule has 2 N–H and O–H groups in total. The van der Waals surface area contributed by atoms with Gasteiger partial charge in [0.1, 0.15) is 12.2 Å². The van der Waals surface area contributed by atoms with Crippen LogP contribution in [0.25, 0.3) is 5.65 Å². The van der Waals surface area contributed by atoms with Gasteiger partial charge in [0, 0.05) is 13.2 Å². The Morgan fingerprint density at radius 2 is 2.05 bits per heavy atom. The van der Waals surface area contributed by atoms with Gasteiger partial charge in [-0.3, -0.25) is 9.20 Å². The summed E-state index contributed by atoms with van der Waals surface area (Å²) < 4.78 is 1.48. The van der Waals surface area contributed by atoms with E-state index in [2.05, 4.69) is 4.98 Å². The number of fused-ring (bicyclic) bond motifs is 1. The molecule has 2 aromatic rings. The second-order valence-electron chi connectivity index (χ2n) is 4.43. The Hall–Kier alpha value is -2.57. The van der Waals surface area contributed by atoms with Crippen LogP contribution in [0.5, 0.6) is 0 Å². The minimum atomic E-state index is -1.05. The fourth-order valence-electron chi connectivity index (χ4n) is 2.08. The molecule has 0 aliphatic carbocycles. The predicted molar refractivity (Wildman–Crippen MR) is 72.4 cm³/mol. The van der Waals surface area contributed by atoms with E-state index in [0.717, 1.165) is 0 Å². The molecule has 20 heavy (non-hydrogen) atoms. The van der Waals surface area contributed by atoms with E-state index in [1.54, 1.807) is 25.4 Å². The van der Waals surface area contributed by atoms with Crippen molar-refractivity contribution in [2.45, 2.75) is 13.3 Å². The molecule has 0 bridgehead atoms. The highest BCUT2D eigenvalue weighted by Crippen LogP contribution is 2.19. The van der Waals surface area contributed by atoms with Crippen molar-refractivity contribution in [1.82, 2.24) is 9.38 Å². The maximum absolute atomic E-state index is 11.3. The lowest BCUT2D eigenvalue weighted by Gasteiger charge is -2.16. The zero-order valence-electron chi connectivity index (χ0n) is 11.2. The number of pyridine rings is 1. The van der Waals surface area contributed by atoms with Crippen LogP contribution >= 0.6 is 0 Å². The molecule has 0 amide bonds. The highest BCUT2D eigenvalue weighted by atomic mass is 16.4. The Bertz CT molecular complexity index is 678. The van der Waals surface area contributed by atoms with Crippen molar-refractivity contribution < 1.29 is 19.8 Å². The molecule has 2 rings (SSSR count). The number of carboxylic acids is 2. The lowest BCUT2D eigenvalue weighted by molar-refractivity contribution is -0.135. The lowest BCUT2D eigenvalue weighted by atomic mass is 10.2. The van der Waals surface area contributed by atoms with Crippen molar-refractivity contribution in [3.8, 4) is 0 Å². The Morgan fingerprint density at radius 1 is 1.35 bits per heavy atom. The largest absolute Gasteiger partial charge is 0.480 e. The number of carboxylic acid groups (broad SMARTS) is 2. The Labute approximate surface area is 115 Å². The molecule has 0 saturated carbocycles. The first-order valence-corrected chi connectivity index (χ1v) is 6.11. The minimum Gasteiger partial charge on any atom is -0.480 e. The number of hydrogen-bond acceptors (Lipinski definition) is 4. The number of aliphatic carboxylic acids is 1. The molecule has 0 aromatic carbocycles. The maximum Gasteiger partial charge on any atom is 0.354 e. The quantitative estimate of drug-likeness (QED) is 0.850. The zero-order chi connectivity index (χ0) is 14.9. The van der Waals surface area contributed by atoms with E-state index in [1.165, 1.54) is 9.30 Å². The lowest BCUT2D eigenvalue weighted by Crippen LogP contribution is -2.25.